The molecule has 8 heteroatoms. The standard InChI is InChI=1S/C43H49N3O5/c1-45-43(44)46-35-11-8-10-29(25-35)9-6-4-3-5-7-12-37-27-36(47)18-13-30-14-20-39(49-2)40(26-30)51-28-31-23-33-16-15-32(21-22-50-37)42-38(48)19-17-34(24-31)41(33)42/h8,10-11,14,17,19-20,23-26,32,37,48H,3-7,9,12-13,15-16,18,27-28H2,1-2H3,(H3,44,45,46). The molecule has 2 unspecified atom stereocenters. The van der Waals surface area contributed by atoms with Crippen molar-refractivity contribution in [2.75, 3.05) is 19.5 Å². The number of phenols is 1. The minimum absolute atomic E-state index is 0.152. The van der Waals surface area contributed by atoms with Gasteiger partial charge in [-0.15, -0.1) is 0 Å². The number of aromatic hydroxyl groups is 1. The maximum atomic E-state index is 13.3. The van der Waals surface area contributed by atoms with Crippen molar-refractivity contribution in [3.63, 3.8) is 0 Å². The normalized spacial score (nSPS) is 17.5. The summed E-state index contributed by atoms with van der Waals surface area (Å²) in [4.78, 5) is 17.3. The number of Topliss-reactive ketones (excluding diaryl/α,β-unsaturated/α-hetero) is 1. The Morgan fingerprint density at radius 1 is 1.00 bits per heavy atom. The van der Waals surface area contributed by atoms with Crippen molar-refractivity contribution in [2.45, 2.75) is 95.7 Å². The number of ether oxygens (including phenoxy) is 3. The lowest BCUT2D eigenvalue weighted by molar-refractivity contribution is -0.121. The van der Waals surface area contributed by atoms with Gasteiger partial charge in [-0.05, 0) is 114 Å². The smallest absolute Gasteiger partial charge is 0.192 e. The molecule has 4 aromatic rings. The molecular formula is C43H49N3O5. The largest absolute Gasteiger partial charge is 0.508 e. The minimum Gasteiger partial charge on any atom is -0.508 e. The number of anilines is 1. The monoisotopic (exact) mass is 687 g/mol. The third kappa shape index (κ3) is 9.35. The molecule has 0 radical (unpaired) electrons. The maximum absolute atomic E-state index is 13.3. The molecule has 0 spiro atoms. The fraction of sp³-hybridized carbons (Fsp3) is 0.395. The molecule has 8 nitrogen and oxygen atoms in total. The first kappa shape index (κ1) is 35.7. The zero-order valence-corrected chi connectivity index (χ0v) is 29.8. The van der Waals surface area contributed by atoms with E-state index < -0.39 is 0 Å². The number of phenolic OH excluding ortho intramolecular Hbond substituents is 1. The number of aryl methyl sites for hydroxylation is 3. The Hall–Kier alpha value is -5.16. The van der Waals surface area contributed by atoms with Crippen molar-refractivity contribution in [1.29, 1.82) is 0 Å². The number of aliphatic imine (C=N–C) groups is 1. The molecule has 4 N–H and O–H groups in total. The van der Waals surface area contributed by atoms with E-state index in [4.69, 9.17) is 19.9 Å². The summed E-state index contributed by atoms with van der Waals surface area (Å²) < 4.78 is 18.1. The quantitative estimate of drug-likeness (QED) is 0.0664. The lowest BCUT2D eigenvalue weighted by Gasteiger charge is -2.24. The Balaban J connectivity index is 1.12. The molecule has 0 amide bonds. The van der Waals surface area contributed by atoms with E-state index in [9.17, 15) is 9.90 Å². The van der Waals surface area contributed by atoms with Gasteiger partial charge in [0.05, 0.1) is 13.0 Å². The zero-order valence-electron chi connectivity index (χ0n) is 29.8. The van der Waals surface area contributed by atoms with Crippen molar-refractivity contribution < 1.29 is 24.1 Å². The Morgan fingerprint density at radius 2 is 1.86 bits per heavy atom. The predicted molar refractivity (Wildman–Crippen MR) is 204 cm³/mol. The van der Waals surface area contributed by atoms with Crippen LogP contribution in [0, 0.1) is 12.0 Å². The number of nitrogens with zero attached hydrogens (tertiary/aromatic N) is 1. The summed E-state index contributed by atoms with van der Waals surface area (Å²) >= 11 is 0. The van der Waals surface area contributed by atoms with Gasteiger partial charge < -0.3 is 30.4 Å². The van der Waals surface area contributed by atoms with Gasteiger partial charge in [0.1, 0.15) is 30.4 Å². The van der Waals surface area contributed by atoms with E-state index in [-0.39, 0.29) is 23.6 Å². The van der Waals surface area contributed by atoms with Crippen LogP contribution in [0.2, 0.25) is 0 Å². The fourth-order valence-electron chi connectivity index (χ4n) is 7.28. The Labute approximate surface area is 301 Å². The number of rotatable bonds is 10. The van der Waals surface area contributed by atoms with Gasteiger partial charge in [0.15, 0.2) is 17.5 Å². The van der Waals surface area contributed by atoms with Gasteiger partial charge in [-0.3, -0.25) is 9.79 Å². The molecule has 3 aliphatic rings. The lowest BCUT2D eigenvalue weighted by Crippen LogP contribution is -2.21. The third-order valence-electron chi connectivity index (χ3n) is 9.99. The highest BCUT2D eigenvalue weighted by molar-refractivity contribution is 5.93. The van der Waals surface area contributed by atoms with Crippen LogP contribution >= 0.6 is 0 Å². The summed E-state index contributed by atoms with van der Waals surface area (Å²) in [5.74, 6) is 5.31. The van der Waals surface area contributed by atoms with Crippen LogP contribution in [0.4, 0.5) is 5.69 Å². The summed E-state index contributed by atoms with van der Waals surface area (Å²) in [6.45, 7) is 0.382. The number of methoxy groups -OCH3 is 1. The van der Waals surface area contributed by atoms with Crippen molar-refractivity contribution in [3.8, 4) is 29.3 Å². The molecule has 2 aliphatic heterocycles. The highest BCUT2D eigenvalue weighted by atomic mass is 16.5. The highest BCUT2D eigenvalue weighted by Gasteiger charge is 2.25. The first-order chi connectivity index (χ1) is 24.9. The highest BCUT2D eigenvalue weighted by Crippen LogP contribution is 2.42. The molecule has 2 heterocycles. The van der Waals surface area contributed by atoms with Crippen LogP contribution in [0.5, 0.6) is 17.2 Å². The summed E-state index contributed by atoms with van der Waals surface area (Å²) in [5.41, 5.74) is 12.2. The molecular weight excluding hydrogens is 638 g/mol. The molecule has 266 valence electrons. The van der Waals surface area contributed by atoms with E-state index in [2.05, 4.69) is 46.6 Å². The number of unbranched alkanes of at least 4 members (excludes halogenated alkanes) is 4. The van der Waals surface area contributed by atoms with Crippen molar-refractivity contribution in [1.82, 2.24) is 0 Å². The van der Waals surface area contributed by atoms with Crippen LogP contribution in [0.3, 0.4) is 0 Å². The first-order valence-electron chi connectivity index (χ1n) is 18.2. The number of ketones is 1. The maximum Gasteiger partial charge on any atom is 0.192 e. The van der Waals surface area contributed by atoms with Gasteiger partial charge in [-0.25, -0.2) is 0 Å². The second-order valence-electron chi connectivity index (χ2n) is 13.7. The number of guanidine groups is 1. The summed E-state index contributed by atoms with van der Waals surface area (Å²) in [6.07, 6.45) is 12.9. The molecule has 0 saturated heterocycles. The van der Waals surface area contributed by atoms with Crippen LogP contribution in [0.15, 0.2) is 71.7 Å². The number of carbonyl (C=O) groups is 1. The Morgan fingerprint density at radius 3 is 2.73 bits per heavy atom. The third-order valence-corrected chi connectivity index (χ3v) is 9.99. The molecule has 2 atom stereocenters. The van der Waals surface area contributed by atoms with E-state index >= 15 is 0 Å². The molecule has 1 aliphatic carbocycles. The number of hydrogen-bond donors (Lipinski definition) is 3. The van der Waals surface area contributed by atoms with Crippen molar-refractivity contribution >= 4 is 28.2 Å². The number of nitrogens with one attached hydrogen (secondary N) is 1. The predicted octanol–water partition coefficient (Wildman–Crippen LogP) is 8.35. The molecule has 8 bridgehead atoms. The summed E-state index contributed by atoms with van der Waals surface area (Å²) in [7, 11) is 3.30. The number of carbonyl (C=O) groups excluding carboxylic acids is 1. The van der Waals surface area contributed by atoms with Crippen LogP contribution < -0.4 is 20.5 Å². The van der Waals surface area contributed by atoms with Crippen molar-refractivity contribution in [2.24, 2.45) is 10.7 Å². The summed E-state index contributed by atoms with van der Waals surface area (Å²) in [6, 6.07) is 22.2. The Kier molecular flexibility index (Phi) is 12.0. The average molecular weight is 688 g/mol. The van der Waals surface area contributed by atoms with Gasteiger partial charge in [-0.2, -0.15) is 0 Å². The SMILES string of the molecule is CN=C(N)Nc1cccc(CCCCCCCC2CC(=O)CCc3ccc(OC)c(c3)OCc3cc4c5c(c(O)ccc5c3)C(C#CO2)CC4)c1. The Bertz CT molecular complexity index is 1940. The van der Waals surface area contributed by atoms with E-state index in [1.165, 1.54) is 11.1 Å². The van der Waals surface area contributed by atoms with Gasteiger partial charge >= 0.3 is 0 Å². The van der Waals surface area contributed by atoms with E-state index in [0.717, 1.165) is 90.9 Å². The average Bonchev–Trinajstić information content (AvgIpc) is 3.14. The first-order valence-corrected chi connectivity index (χ1v) is 18.2. The minimum atomic E-state index is -0.279. The number of hydrogen-bond acceptors (Lipinski definition) is 6. The van der Waals surface area contributed by atoms with Gasteiger partial charge in [0, 0.05) is 31.1 Å². The summed E-state index contributed by atoms with van der Waals surface area (Å²) in [5, 5.41) is 16.2. The molecule has 4 aromatic carbocycles. The van der Waals surface area contributed by atoms with Crippen LogP contribution in [-0.2, 0) is 35.4 Å². The van der Waals surface area contributed by atoms with Crippen LogP contribution in [-0.4, -0.2) is 37.1 Å². The molecule has 7 rings (SSSR count). The number of fused-ring (bicyclic) bond motifs is 7. The van der Waals surface area contributed by atoms with Gasteiger partial charge in [0.2, 0.25) is 0 Å². The number of benzene rings is 4. The van der Waals surface area contributed by atoms with Crippen molar-refractivity contribution in [3.05, 3.63) is 94.5 Å². The van der Waals surface area contributed by atoms with Gasteiger partial charge in [-0.1, -0.05) is 55.5 Å². The second-order valence-corrected chi connectivity index (χ2v) is 13.7. The van der Waals surface area contributed by atoms with E-state index in [1.54, 1.807) is 20.2 Å². The zero-order chi connectivity index (χ0) is 35.6. The van der Waals surface area contributed by atoms with E-state index in [1.807, 2.05) is 36.4 Å². The molecule has 0 aromatic heterocycles. The van der Waals surface area contributed by atoms with E-state index in [0.29, 0.717) is 43.3 Å². The second kappa shape index (κ2) is 17.2. The molecule has 0 saturated carbocycles. The molecule has 51 heavy (non-hydrogen) atoms. The van der Waals surface area contributed by atoms with Crippen LogP contribution in [0.1, 0.15) is 91.5 Å². The fourth-order valence-corrected chi connectivity index (χ4v) is 7.28. The number of nitrogens with two attached hydrogens (primary N) is 1. The molecule has 0 fully saturated rings. The lowest BCUT2D eigenvalue weighted by atomic mass is 9.80. The topological polar surface area (TPSA) is 115 Å². The van der Waals surface area contributed by atoms with Crippen LogP contribution in [0.25, 0.3) is 10.8 Å². The van der Waals surface area contributed by atoms with Gasteiger partial charge in [0.25, 0.3) is 0 Å².